The van der Waals surface area contributed by atoms with Crippen molar-refractivity contribution in [3.05, 3.63) is 50.4 Å². The Hall–Kier alpha value is -0.910. The zero-order valence-corrected chi connectivity index (χ0v) is 12.1. The van der Waals surface area contributed by atoms with Gasteiger partial charge in [-0.05, 0) is 52.5 Å². The summed E-state index contributed by atoms with van der Waals surface area (Å²) in [6, 6.07) is 6.11. The molecule has 2 nitrogen and oxygen atoms in total. The topological polar surface area (TPSA) is 29.5 Å². The van der Waals surface area contributed by atoms with Gasteiger partial charge < -0.3 is 9.84 Å². The molecular formula is C13H12BrFO2S. The minimum atomic E-state index is -0.762. The molecule has 5 heteroatoms. The van der Waals surface area contributed by atoms with Gasteiger partial charge in [0.1, 0.15) is 18.2 Å². The van der Waals surface area contributed by atoms with Crippen LogP contribution in [0.5, 0.6) is 5.75 Å². The minimum Gasteiger partial charge on any atom is -0.488 e. The molecule has 2 aromatic rings. The summed E-state index contributed by atoms with van der Waals surface area (Å²) in [5, 5.41) is 11.5. The van der Waals surface area contributed by atoms with Gasteiger partial charge in [0.05, 0.1) is 11.0 Å². The third kappa shape index (κ3) is 3.10. The summed E-state index contributed by atoms with van der Waals surface area (Å²) in [5.41, 5.74) is 0.461. The normalized spacial score (nSPS) is 12.4. The maximum absolute atomic E-state index is 13.1. The zero-order valence-electron chi connectivity index (χ0n) is 9.69. The largest absolute Gasteiger partial charge is 0.488 e. The maximum Gasteiger partial charge on any atom is 0.125 e. The Morgan fingerprint density at radius 1 is 1.44 bits per heavy atom. The first-order chi connectivity index (χ1) is 8.58. The number of aliphatic hydroxyl groups excluding tert-OH is 1. The van der Waals surface area contributed by atoms with Crippen molar-refractivity contribution in [1.82, 2.24) is 0 Å². The van der Waals surface area contributed by atoms with Crippen LogP contribution in [-0.4, -0.2) is 5.11 Å². The quantitative estimate of drug-likeness (QED) is 0.906. The van der Waals surface area contributed by atoms with Crippen LogP contribution in [0.2, 0.25) is 0 Å². The van der Waals surface area contributed by atoms with Crippen molar-refractivity contribution < 1.29 is 14.2 Å². The summed E-state index contributed by atoms with van der Waals surface area (Å²) in [6.45, 7) is 1.98. The zero-order chi connectivity index (χ0) is 13.1. The van der Waals surface area contributed by atoms with E-state index >= 15 is 0 Å². The third-order valence-electron chi connectivity index (χ3n) is 2.47. The molecule has 0 spiro atoms. The maximum atomic E-state index is 13.1. The Morgan fingerprint density at radius 3 is 2.83 bits per heavy atom. The Bertz CT molecular complexity index is 540. The highest BCUT2D eigenvalue weighted by atomic mass is 79.9. The van der Waals surface area contributed by atoms with E-state index < -0.39 is 6.10 Å². The molecular weight excluding hydrogens is 319 g/mol. The van der Waals surface area contributed by atoms with Crippen molar-refractivity contribution in [3.8, 4) is 5.75 Å². The van der Waals surface area contributed by atoms with Gasteiger partial charge in [-0.25, -0.2) is 4.39 Å². The third-order valence-corrected chi connectivity index (χ3v) is 4.37. The Balaban J connectivity index is 2.16. The van der Waals surface area contributed by atoms with Crippen LogP contribution >= 0.6 is 27.3 Å². The fourth-order valence-corrected chi connectivity index (χ4v) is 2.93. The first kappa shape index (κ1) is 13.5. The molecule has 1 unspecified atom stereocenters. The number of halogens is 2. The van der Waals surface area contributed by atoms with Crippen LogP contribution in [0, 0.1) is 5.82 Å². The second kappa shape index (κ2) is 5.82. The number of rotatable bonds is 4. The molecule has 18 heavy (non-hydrogen) atoms. The van der Waals surface area contributed by atoms with Crippen molar-refractivity contribution >= 4 is 27.3 Å². The Kier molecular flexibility index (Phi) is 4.37. The van der Waals surface area contributed by atoms with Gasteiger partial charge in [-0.2, -0.15) is 0 Å². The van der Waals surface area contributed by atoms with Crippen LogP contribution in [-0.2, 0) is 6.61 Å². The van der Waals surface area contributed by atoms with E-state index in [0.717, 1.165) is 9.35 Å². The Morgan fingerprint density at radius 2 is 2.22 bits per heavy atom. The molecule has 0 saturated carbocycles. The van der Waals surface area contributed by atoms with Crippen LogP contribution in [0.15, 0.2) is 34.1 Å². The summed E-state index contributed by atoms with van der Waals surface area (Å²) in [4.78, 5) is 1.05. The van der Waals surface area contributed by atoms with Crippen molar-refractivity contribution in [3.63, 3.8) is 0 Å². The first-order valence-corrected chi connectivity index (χ1v) is 7.07. The van der Waals surface area contributed by atoms with Crippen molar-refractivity contribution in [2.45, 2.75) is 19.6 Å². The molecule has 0 aliphatic rings. The number of hydrogen-bond acceptors (Lipinski definition) is 3. The summed E-state index contributed by atoms with van der Waals surface area (Å²) < 4.78 is 19.7. The van der Waals surface area contributed by atoms with Crippen molar-refractivity contribution in [1.29, 1.82) is 0 Å². The molecule has 1 aromatic heterocycles. The average Bonchev–Trinajstić information content (AvgIpc) is 2.73. The van der Waals surface area contributed by atoms with Crippen LogP contribution in [0.3, 0.4) is 0 Å². The second-order valence-corrected chi connectivity index (χ2v) is 5.69. The van der Waals surface area contributed by atoms with Crippen molar-refractivity contribution in [2.75, 3.05) is 0 Å². The molecule has 1 atom stereocenters. The van der Waals surface area contributed by atoms with E-state index in [1.807, 2.05) is 11.4 Å². The molecule has 0 aliphatic heterocycles. The fourth-order valence-electron chi connectivity index (χ4n) is 1.55. The van der Waals surface area contributed by atoms with E-state index in [0.29, 0.717) is 17.9 Å². The predicted octanol–water partition coefficient (Wildman–Crippen LogP) is 4.28. The fraction of sp³-hybridized carbons (Fsp3) is 0.231. The van der Waals surface area contributed by atoms with Gasteiger partial charge in [0.15, 0.2) is 0 Å². The van der Waals surface area contributed by atoms with Gasteiger partial charge in [0, 0.05) is 10.0 Å². The molecule has 0 saturated heterocycles. The van der Waals surface area contributed by atoms with Gasteiger partial charge in [-0.3, -0.25) is 0 Å². The van der Waals surface area contributed by atoms with Gasteiger partial charge in [-0.1, -0.05) is 0 Å². The number of ether oxygens (including phenoxy) is 1. The highest BCUT2D eigenvalue weighted by Crippen LogP contribution is 2.29. The van der Waals surface area contributed by atoms with Crippen LogP contribution in [0.4, 0.5) is 4.39 Å². The Labute approximate surface area is 117 Å². The number of thiophene rings is 1. The van der Waals surface area contributed by atoms with E-state index in [9.17, 15) is 9.50 Å². The van der Waals surface area contributed by atoms with Crippen LogP contribution in [0.25, 0.3) is 0 Å². The van der Waals surface area contributed by atoms with E-state index in [1.165, 1.54) is 12.1 Å². The lowest BCUT2D eigenvalue weighted by atomic mass is 10.1. The van der Waals surface area contributed by atoms with E-state index in [-0.39, 0.29) is 5.82 Å². The molecule has 2 rings (SSSR count). The molecule has 0 fully saturated rings. The molecule has 96 valence electrons. The van der Waals surface area contributed by atoms with E-state index in [2.05, 4.69) is 15.9 Å². The summed E-state index contributed by atoms with van der Waals surface area (Å²) in [5.74, 6) is 0.127. The summed E-state index contributed by atoms with van der Waals surface area (Å²) in [6.07, 6.45) is -0.762. The highest BCUT2D eigenvalue weighted by molar-refractivity contribution is 9.10. The highest BCUT2D eigenvalue weighted by Gasteiger charge is 2.11. The molecule has 0 aliphatic carbocycles. The molecule has 1 aromatic carbocycles. The summed E-state index contributed by atoms with van der Waals surface area (Å²) >= 11 is 5.00. The lowest BCUT2D eigenvalue weighted by Gasteiger charge is -2.13. The predicted molar refractivity (Wildman–Crippen MR) is 73.4 cm³/mol. The first-order valence-electron chi connectivity index (χ1n) is 5.40. The van der Waals surface area contributed by atoms with Crippen LogP contribution in [0.1, 0.15) is 23.5 Å². The molecule has 1 N–H and O–H groups in total. The molecule has 0 amide bonds. The molecule has 0 bridgehead atoms. The average molecular weight is 331 g/mol. The SMILES string of the molecule is CC(O)c1cc(F)ccc1OCc1sccc1Br. The van der Waals surface area contributed by atoms with E-state index in [1.54, 1.807) is 24.3 Å². The lowest BCUT2D eigenvalue weighted by molar-refractivity contribution is 0.189. The second-order valence-electron chi connectivity index (χ2n) is 3.84. The van der Waals surface area contributed by atoms with Gasteiger partial charge >= 0.3 is 0 Å². The van der Waals surface area contributed by atoms with Crippen LogP contribution < -0.4 is 4.74 Å². The smallest absolute Gasteiger partial charge is 0.125 e. The van der Waals surface area contributed by atoms with Crippen molar-refractivity contribution in [2.24, 2.45) is 0 Å². The standard InChI is InChI=1S/C13H12BrFO2S/c1-8(16)10-6-9(15)2-3-12(10)17-7-13-11(14)4-5-18-13/h2-6,8,16H,7H2,1H3. The summed E-state index contributed by atoms with van der Waals surface area (Å²) in [7, 11) is 0. The minimum absolute atomic E-state index is 0.379. The van der Waals surface area contributed by atoms with Gasteiger partial charge in [0.25, 0.3) is 0 Å². The van der Waals surface area contributed by atoms with Gasteiger partial charge in [-0.15, -0.1) is 11.3 Å². The monoisotopic (exact) mass is 330 g/mol. The van der Waals surface area contributed by atoms with Gasteiger partial charge in [0.2, 0.25) is 0 Å². The van der Waals surface area contributed by atoms with E-state index in [4.69, 9.17) is 4.74 Å². The lowest BCUT2D eigenvalue weighted by Crippen LogP contribution is -2.01. The molecule has 1 heterocycles. The molecule has 0 radical (unpaired) electrons. The number of benzene rings is 1. The number of aliphatic hydroxyl groups is 1. The number of hydrogen-bond donors (Lipinski definition) is 1.